The first-order chi connectivity index (χ1) is 5.06. The molecule has 0 aliphatic heterocycles. The summed E-state index contributed by atoms with van der Waals surface area (Å²) in [5.74, 6) is -1.89. The van der Waals surface area contributed by atoms with Gasteiger partial charge in [0.05, 0.1) is 6.42 Å². The molecule has 0 rings (SSSR count). The highest BCUT2D eigenvalue weighted by Gasteiger charge is 2.09. The number of nitrogens with two attached hydrogens (primary N) is 1. The summed E-state index contributed by atoms with van der Waals surface area (Å²) in [6, 6.07) is 0. The van der Waals surface area contributed by atoms with Crippen molar-refractivity contribution in [2.45, 2.75) is 6.42 Å². The molecule has 0 aromatic heterocycles. The van der Waals surface area contributed by atoms with E-state index in [1.165, 1.54) is 0 Å². The highest BCUT2D eigenvalue weighted by molar-refractivity contribution is 5.67. The minimum atomic E-state index is -1.89. The molecule has 0 saturated heterocycles. The average molecular weight is 165 g/mol. The monoisotopic (exact) mass is 165 g/mol. The fourth-order valence-corrected chi connectivity index (χ4v) is 0.613. The lowest BCUT2D eigenvalue weighted by Crippen LogP contribution is -2.16. The van der Waals surface area contributed by atoms with Gasteiger partial charge >= 0.3 is 5.97 Å². The van der Waals surface area contributed by atoms with Crippen molar-refractivity contribution in [2.75, 3.05) is 6.54 Å². The summed E-state index contributed by atoms with van der Waals surface area (Å²) in [5, 5.41) is 8.20. The van der Waals surface area contributed by atoms with Gasteiger partial charge in [-0.25, -0.2) is 0 Å². The molecule has 0 amide bonds. The Bertz CT molecular complexity index is 166. The number of hydrogen-bond donors (Lipinski definition) is 2. The van der Waals surface area contributed by atoms with E-state index in [-0.39, 0.29) is 13.0 Å². The average Bonchev–Trinajstić information content (AvgIpc) is 1.84. The predicted molar refractivity (Wildman–Crippen MR) is 35.1 cm³/mol. The number of hydrogen-bond acceptors (Lipinski definition) is 2. The minimum absolute atomic E-state index is 0.0797. The van der Waals surface area contributed by atoms with Crippen LogP contribution in [-0.4, -0.2) is 17.6 Å². The Morgan fingerprint density at radius 1 is 1.64 bits per heavy atom. The van der Waals surface area contributed by atoms with Gasteiger partial charge in [-0.2, -0.15) is 8.78 Å². The second-order valence-electron chi connectivity index (χ2n) is 2.05. The third kappa shape index (κ3) is 5.47. The standard InChI is InChI=1S/C6H9F2NO2/c7-5(8)1-4(3-9)2-6(10)11/h1,4H,2-3,9H2,(H,10,11)/t4-/m1/s1. The van der Waals surface area contributed by atoms with Crippen molar-refractivity contribution in [1.82, 2.24) is 0 Å². The first-order valence-electron chi connectivity index (χ1n) is 3.01. The molecule has 0 aromatic rings. The predicted octanol–water partition coefficient (Wildman–Crippen LogP) is 0.816. The number of rotatable bonds is 4. The topological polar surface area (TPSA) is 63.3 Å². The van der Waals surface area contributed by atoms with Crippen molar-refractivity contribution in [2.24, 2.45) is 11.7 Å². The molecule has 3 N–H and O–H groups in total. The number of aliphatic carboxylic acids is 1. The van der Waals surface area contributed by atoms with Crippen molar-refractivity contribution < 1.29 is 18.7 Å². The second kappa shape index (κ2) is 4.79. The summed E-state index contributed by atoms with van der Waals surface area (Å²) in [4.78, 5) is 10.0. The van der Waals surface area contributed by atoms with Gasteiger partial charge < -0.3 is 10.8 Å². The van der Waals surface area contributed by atoms with Crippen LogP contribution >= 0.6 is 0 Å². The molecule has 0 aliphatic carbocycles. The molecule has 11 heavy (non-hydrogen) atoms. The third-order valence-electron chi connectivity index (χ3n) is 1.10. The molecule has 3 nitrogen and oxygen atoms in total. The van der Waals surface area contributed by atoms with E-state index >= 15 is 0 Å². The van der Waals surface area contributed by atoms with E-state index in [2.05, 4.69) is 0 Å². The van der Waals surface area contributed by atoms with Crippen LogP contribution in [0.1, 0.15) is 6.42 Å². The molecular formula is C6H9F2NO2. The maximum Gasteiger partial charge on any atom is 0.303 e. The molecule has 0 heterocycles. The van der Waals surface area contributed by atoms with Crippen LogP contribution < -0.4 is 5.73 Å². The Morgan fingerprint density at radius 2 is 2.18 bits per heavy atom. The van der Waals surface area contributed by atoms with Gasteiger partial charge in [-0.1, -0.05) is 0 Å². The van der Waals surface area contributed by atoms with Gasteiger partial charge in [-0.15, -0.1) is 0 Å². The normalized spacial score (nSPS) is 12.3. The summed E-state index contributed by atoms with van der Waals surface area (Å²) >= 11 is 0. The van der Waals surface area contributed by atoms with Gasteiger partial charge in [0.15, 0.2) is 0 Å². The van der Waals surface area contributed by atoms with E-state index in [1.54, 1.807) is 0 Å². The number of halogens is 2. The van der Waals surface area contributed by atoms with Crippen molar-refractivity contribution in [3.63, 3.8) is 0 Å². The van der Waals surface area contributed by atoms with Crippen LogP contribution in [0.2, 0.25) is 0 Å². The molecule has 0 aliphatic rings. The van der Waals surface area contributed by atoms with Crippen molar-refractivity contribution in [3.05, 3.63) is 12.2 Å². The Labute approximate surface area is 62.5 Å². The quantitative estimate of drug-likeness (QED) is 0.648. The fraction of sp³-hybridized carbons (Fsp3) is 0.500. The van der Waals surface area contributed by atoms with Gasteiger partial charge in [0.25, 0.3) is 6.08 Å². The molecule has 0 bridgehead atoms. The molecule has 0 saturated carbocycles. The van der Waals surface area contributed by atoms with Crippen molar-refractivity contribution in [3.8, 4) is 0 Å². The van der Waals surface area contributed by atoms with Crippen LogP contribution in [-0.2, 0) is 4.79 Å². The number of carboxylic acid groups (broad SMARTS) is 1. The maximum absolute atomic E-state index is 11.5. The molecule has 5 heteroatoms. The summed E-state index contributed by atoms with van der Waals surface area (Å²) in [6.07, 6.45) is -1.68. The molecule has 0 aromatic carbocycles. The maximum atomic E-state index is 11.5. The zero-order valence-electron chi connectivity index (χ0n) is 5.76. The Hall–Kier alpha value is -0.970. The molecular weight excluding hydrogens is 156 g/mol. The van der Waals surface area contributed by atoms with Gasteiger partial charge in [0.1, 0.15) is 0 Å². The summed E-state index contributed by atoms with van der Waals surface area (Å²) < 4.78 is 23.1. The third-order valence-corrected chi connectivity index (χ3v) is 1.10. The van der Waals surface area contributed by atoms with Crippen molar-refractivity contribution in [1.29, 1.82) is 0 Å². The van der Waals surface area contributed by atoms with Gasteiger partial charge in [0.2, 0.25) is 0 Å². The van der Waals surface area contributed by atoms with Gasteiger partial charge in [-0.3, -0.25) is 4.79 Å². The van der Waals surface area contributed by atoms with Crippen LogP contribution in [0, 0.1) is 5.92 Å². The molecule has 0 spiro atoms. The lowest BCUT2D eigenvalue weighted by Gasteiger charge is -2.03. The zero-order valence-corrected chi connectivity index (χ0v) is 5.76. The van der Waals surface area contributed by atoms with E-state index in [9.17, 15) is 13.6 Å². The highest BCUT2D eigenvalue weighted by Crippen LogP contribution is 2.08. The fourth-order valence-electron chi connectivity index (χ4n) is 0.613. The molecule has 0 fully saturated rings. The van der Waals surface area contributed by atoms with E-state index in [1.807, 2.05) is 0 Å². The van der Waals surface area contributed by atoms with E-state index in [0.717, 1.165) is 0 Å². The van der Waals surface area contributed by atoms with Crippen LogP contribution in [0.15, 0.2) is 12.2 Å². The summed E-state index contributed by atoms with van der Waals surface area (Å²) in [6.45, 7) is -0.0797. The largest absolute Gasteiger partial charge is 0.481 e. The molecule has 0 radical (unpaired) electrons. The zero-order chi connectivity index (χ0) is 8.85. The lowest BCUT2D eigenvalue weighted by molar-refractivity contribution is -0.137. The Balaban J connectivity index is 3.96. The highest BCUT2D eigenvalue weighted by atomic mass is 19.3. The van der Waals surface area contributed by atoms with Crippen LogP contribution in [0.4, 0.5) is 8.78 Å². The molecule has 64 valence electrons. The number of carboxylic acids is 1. The van der Waals surface area contributed by atoms with Crippen LogP contribution in [0.5, 0.6) is 0 Å². The smallest absolute Gasteiger partial charge is 0.303 e. The van der Waals surface area contributed by atoms with E-state index in [0.29, 0.717) is 6.08 Å². The van der Waals surface area contributed by atoms with E-state index < -0.39 is 18.0 Å². The van der Waals surface area contributed by atoms with Crippen LogP contribution in [0.25, 0.3) is 0 Å². The lowest BCUT2D eigenvalue weighted by atomic mass is 10.1. The van der Waals surface area contributed by atoms with E-state index in [4.69, 9.17) is 10.8 Å². The Morgan fingerprint density at radius 3 is 2.45 bits per heavy atom. The molecule has 1 atom stereocenters. The van der Waals surface area contributed by atoms with Gasteiger partial charge in [0, 0.05) is 5.92 Å². The van der Waals surface area contributed by atoms with Gasteiger partial charge in [-0.05, 0) is 12.6 Å². The summed E-state index contributed by atoms with van der Waals surface area (Å²) in [5.41, 5.74) is 5.03. The second-order valence-corrected chi connectivity index (χ2v) is 2.05. The van der Waals surface area contributed by atoms with Crippen LogP contribution in [0.3, 0.4) is 0 Å². The minimum Gasteiger partial charge on any atom is -0.481 e. The number of carbonyl (C=O) groups is 1. The van der Waals surface area contributed by atoms with Crippen molar-refractivity contribution >= 4 is 5.97 Å². The molecule has 0 unspecified atom stereocenters. The first-order valence-corrected chi connectivity index (χ1v) is 3.01. The Kier molecular flexibility index (Phi) is 4.36. The SMILES string of the molecule is NC[C@H](C=C(F)F)CC(=O)O. The first kappa shape index (κ1) is 10.0. The summed E-state index contributed by atoms with van der Waals surface area (Å²) in [7, 11) is 0.